The fourth-order valence-electron chi connectivity index (χ4n) is 3.80. The van der Waals surface area contributed by atoms with Crippen LogP contribution in [0.3, 0.4) is 0 Å². The highest BCUT2D eigenvalue weighted by Crippen LogP contribution is 2.40. The van der Waals surface area contributed by atoms with Crippen molar-refractivity contribution in [3.63, 3.8) is 0 Å². The van der Waals surface area contributed by atoms with Crippen molar-refractivity contribution in [1.82, 2.24) is 0 Å². The number of thiophene rings is 1. The Bertz CT molecular complexity index is 1190. The van der Waals surface area contributed by atoms with Crippen LogP contribution in [0.25, 0.3) is 15.7 Å². The van der Waals surface area contributed by atoms with Gasteiger partial charge in [-0.15, -0.1) is 11.3 Å². The van der Waals surface area contributed by atoms with Crippen LogP contribution in [-0.4, -0.2) is 0 Å². The number of nitrogens with zero attached hydrogens (tertiary/aromatic N) is 1. The Balaban J connectivity index is 1.93. The maximum atomic E-state index is 5.27. The zero-order chi connectivity index (χ0) is 16.9. The van der Waals surface area contributed by atoms with Crippen molar-refractivity contribution in [2.45, 2.75) is 12.5 Å². The van der Waals surface area contributed by atoms with Crippen LogP contribution in [-0.2, 0) is 5.54 Å². The highest BCUT2D eigenvalue weighted by molar-refractivity contribution is 7.17. The van der Waals surface area contributed by atoms with Gasteiger partial charge in [-0.2, -0.15) is 0 Å². The van der Waals surface area contributed by atoms with Crippen molar-refractivity contribution in [1.29, 1.82) is 0 Å². The number of fused-ring (bicyclic) bond motifs is 3. The highest BCUT2D eigenvalue weighted by Gasteiger charge is 2.36. The summed E-state index contributed by atoms with van der Waals surface area (Å²) in [5, 5.41) is 2.40. The largest absolute Gasteiger partial charge is 0.267 e. The third-order valence-electron chi connectivity index (χ3n) is 5.02. The van der Waals surface area contributed by atoms with Gasteiger partial charge in [-0.05, 0) is 24.1 Å². The summed E-state index contributed by atoms with van der Waals surface area (Å²) in [6.45, 7) is 2.24. The average molecular weight is 339 g/mol. The summed E-state index contributed by atoms with van der Waals surface area (Å²) >= 11 is 1.86. The summed E-state index contributed by atoms with van der Waals surface area (Å²) in [5.41, 5.74) is 3.45. The van der Waals surface area contributed by atoms with Gasteiger partial charge in [0, 0.05) is 15.7 Å². The summed E-state index contributed by atoms with van der Waals surface area (Å²) in [6.07, 6.45) is 0. The molecule has 0 N–H and O–H groups in total. The molecule has 3 aromatic carbocycles. The highest BCUT2D eigenvalue weighted by atomic mass is 32.1. The summed E-state index contributed by atoms with van der Waals surface area (Å²) in [7, 11) is 0. The van der Waals surface area contributed by atoms with E-state index in [9.17, 15) is 0 Å². The van der Waals surface area contributed by atoms with Crippen molar-refractivity contribution in [3.05, 3.63) is 106 Å². The van der Waals surface area contributed by atoms with Gasteiger partial charge in [-0.25, -0.2) is 0 Å². The van der Waals surface area contributed by atoms with E-state index in [-0.39, 0.29) is 5.54 Å². The van der Waals surface area contributed by atoms with E-state index in [2.05, 4.69) is 91.9 Å². The Morgan fingerprint density at radius 2 is 1.40 bits per heavy atom. The molecule has 120 valence electrons. The van der Waals surface area contributed by atoms with E-state index in [0.29, 0.717) is 0 Å². The maximum Gasteiger partial charge on any atom is 0.111 e. The van der Waals surface area contributed by atoms with Crippen LogP contribution in [0.1, 0.15) is 18.1 Å². The van der Waals surface area contributed by atoms with Gasteiger partial charge >= 0.3 is 0 Å². The average Bonchev–Trinajstić information content (AvgIpc) is 3.16. The van der Waals surface area contributed by atoms with Crippen LogP contribution in [0.2, 0.25) is 0 Å². The Hall–Kier alpha value is -2.71. The molecule has 25 heavy (non-hydrogen) atoms. The standard InChI is InChI=1S/C23H17NS/c1-23(17-12-6-3-7-13-17)20(16-10-4-2-5-11-16)22-21(24-23)18-14-8-9-15-19(18)25-22/h2-15H,1H3. The molecule has 0 fully saturated rings. The second kappa shape index (κ2) is 5.40. The molecule has 0 spiro atoms. The van der Waals surface area contributed by atoms with E-state index in [4.69, 9.17) is 4.99 Å². The molecular weight excluding hydrogens is 322 g/mol. The molecule has 0 saturated heterocycles. The fourth-order valence-corrected chi connectivity index (χ4v) is 5.11. The lowest BCUT2D eigenvalue weighted by molar-refractivity contribution is 0.650. The SMILES string of the molecule is CC1(c2ccccc2)N=c2c(sc3ccccc23)=C1c1ccccc1. The molecule has 1 atom stereocenters. The smallest absolute Gasteiger partial charge is 0.111 e. The van der Waals surface area contributed by atoms with E-state index < -0.39 is 0 Å². The predicted octanol–water partition coefficient (Wildman–Crippen LogP) is 4.65. The maximum absolute atomic E-state index is 5.27. The van der Waals surface area contributed by atoms with Crippen LogP contribution in [0.5, 0.6) is 0 Å². The molecule has 0 radical (unpaired) electrons. The first-order valence-corrected chi connectivity index (χ1v) is 9.32. The van der Waals surface area contributed by atoms with E-state index >= 15 is 0 Å². The molecule has 2 heteroatoms. The molecule has 1 aliphatic heterocycles. The van der Waals surface area contributed by atoms with Crippen molar-refractivity contribution in [2.24, 2.45) is 4.99 Å². The lowest BCUT2D eigenvalue weighted by Gasteiger charge is -2.26. The van der Waals surface area contributed by atoms with Crippen LogP contribution in [0, 0.1) is 0 Å². The quantitative estimate of drug-likeness (QED) is 0.504. The second-order valence-electron chi connectivity index (χ2n) is 6.57. The molecule has 4 aromatic rings. The Morgan fingerprint density at radius 3 is 2.16 bits per heavy atom. The number of hydrogen-bond acceptors (Lipinski definition) is 2. The summed E-state index contributed by atoms with van der Waals surface area (Å²) in [4.78, 5) is 5.27. The molecule has 5 rings (SSSR count). The van der Waals surface area contributed by atoms with Gasteiger partial charge in [-0.3, -0.25) is 4.99 Å². The minimum Gasteiger partial charge on any atom is -0.267 e. The first-order chi connectivity index (χ1) is 12.3. The molecule has 1 unspecified atom stereocenters. The molecule has 0 aliphatic carbocycles. The monoisotopic (exact) mass is 339 g/mol. The van der Waals surface area contributed by atoms with Gasteiger partial charge in [-0.1, -0.05) is 78.9 Å². The Kier molecular flexibility index (Phi) is 3.16. The zero-order valence-corrected chi connectivity index (χ0v) is 14.8. The lowest BCUT2D eigenvalue weighted by Crippen LogP contribution is -2.22. The van der Waals surface area contributed by atoms with Crippen molar-refractivity contribution in [3.8, 4) is 0 Å². The summed E-state index contributed by atoms with van der Waals surface area (Å²) < 4.78 is 2.61. The van der Waals surface area contributed by atoms with Gasteiger partial charge in [0.2, 0.25) is 0 Å². The minimum atomic E-state index is -0.353. The summed E-state index contributed by atoms with van der Waals surface area (Å²) in [5.74, 6) is 0. The van der Waals surface area contributed by atoms with Crippen molar-refractivity contribution < 1.29 is 0 Å². The minimum absolute atomic E-state index is 0.353. The van der Waals surface area contributed by atoms with Crippen molar-refractivity contribution in [2.75, 3.05) is 0 Å². The van der Waals surface area contributed by atoms with Gasteiger partial charge < -0.3 is 0 Å². The van der Waals surface area contributed by atoms with Crippen LogP contribution >= 0.6 is 11.3 Å². The molecule has 0 bridgehead atoms. The van der Waals surface area contributed by atoms with Gasteiger partial charge in [0.1, 0.15) is 5.54 Å². The normalized spacial score (nSPS) is 19.0. The van der Waals surface area contributed by atoms with E-state index in [0.717, 1.165) is 5.36 Å². The lowest BCUT2D eigenvalue weighted by atomic mass is 9.82. The fraction of sp³-hybridized carbons (Fsp3) is 0.0870. The van der Waals surface area contributed by atoms with E-state index in [1.54, 1.807) is 0 Å². The predicted molar refractivity (Wildman–Crippen MR) is 105 cm³/mol. The van der Waals surface area contributed by atoms with Crippen molar-refractivity contribution >= 4 is 27.0 Å². The topological polar surface area (TPSA) is 12.4 Å². The molecule has 1 aliphatic rings. The van der Waals surface area contributed by atoms with E-state index in [1.165, 1.54) is 31.3 Å². The Morgan fingerprint density at radius 1 is 0.760 bits per heavy atom. The molecular formula is C23H17NS. The van der Waals surface area contributed by atoms with Gasteiger partial charge in [0.15, 0.2) is 0 Å². The number of rotatable bonds is 2. The molecule has 2 heterocycles. The molecule has 1 aromatic heterocycles. The van der Waals surface area contributed by atoms with Gasteiger partial charge in [0.25, 0.3) is 0 Å². The molecule has 0 saturated carbocycles. The molecule has 0 amide bonds. The van der Waals surface area contributed by atoms with Crippen LogP contribution < -0.4 is 9.89 Å². The zero-order valence-electron chi connectivity index (χ0n) is 13.9. The third kappa shape index (κ3) is 2.11. The van der Waals surface area contributed by atoms with Gasteiger partial charge in [0.05, 0.1) is 9.89 Å². The molecule has 1 nitrogen and oxygen atoms in total. The van der Waals surface area contributed by atoms with Crippen LogP contribution in [0.15, 0.2) is 89.9 Å². The first-order valence-electron chi connectivity index (χ1n) is 8.50. The van der Waals surface area contributed by atoms with E-state index in [1.807, 2.05) is 11.3 Å². The summed E-state index contributed by atoms with van der Waals surface area (Å²) in [6, 6.07) is 29.9. The van der Waals surface area contributed by atoms with Crippen LogP contribution in [0.4, 0.5) is 0 Å². The second-order valence-corrected chi connectivity index (χ2v) is 7.62. The Labute approximate surface area is 150 Å². The number of hydrogen-bond donors (Lipinski definition) is 0. The number of benzene rings is 3. The third-order valence-corrected chi connectivity index (χ3v) is 6.19. The first kappa shape index (κ1) is 14.6.